The molecule has 0 aromatic carbocycles. The highest BCUT2D eigenvalue weighted by Gasteiger charge is 2.27. The Morgan fingerprint density at radius 3 is 2.67 bits per heavy atom. The summed E-state index contributed by atoms with van der Waals surface area (Å²) in [5.41, 5.74) is 0.165. The van der Waals surface area contributed by atoms with Gasteiger partial charge < -0.3 is 4.74 Å². The lowest BCUT2D eigenvalue weighted by molar-refractivity contribution is 0.137. The molecule has 1 saturated carbocycles. The molecule has 126 valence electrons. The van der Waals surface area contributed by atoms with Gasteiger partial charge in [0.05, 0.1) is 0 Å². The molecule has 0 unspecified atom stereocenters. The fourth-order valence-electron chi connectivity index (χ4n) is 2.64. The minimum absolute atomic E-state index is 0.0868. The highest BCUT2D eigenvalue weighted by Crippen LogP contribution is 2.25. The van der Waals surface area contributed by atoms with E-state index in [1.807, 2.05) is 6.07 Å². The Morgan fingerprint density at radius 2 is 2.00 bits per heavy atom. The van der Waals surface area contributed by atoms with Crippen molar-refractivity contribution in [2.75, 3.05) is 0 Å². The Balaban J connectivity index is 1.56. The first-order valence-electron chi connectivity index (χ1n) is 7.52. The maximum atomic E-state index is 12.2. The fourth-order valence-corrected chi connectivity index (χ4v) is 4.95. The Bertz CT molecular complexity index is 823. The molecule has 0 bridgehead atoms. The third-order valence-electron chi connectivity index (χ3n) is 3.80. The Hall–Kier alpha value is -2.02. The summed E-state index contributed by atoms with van der Waals surface area (Å²) in [7, 11) is -3.44. The molecule has 0 radical (unpaired) electrons. The predicted octanol–water partition coefficient (Wildman–Crippen LogP) is 2.08. The first-order valence-corrected chi connectivity index (χ1v) is 9.88. The molecule has 2 aromatic rings. The van der Waals surface area contributed by atoms with Gasteiger partial charge in [0.25, 0.3) is 5.88 Å². The number of thiophene rings is 1. The molecule has 0 amide bonds. The summed E-state index contributed by atoms with van der Waals surface area (Å²) in [5, 5.41) is 10.7. The smallest absolute Gasteiger partial charge is 0.251 e. The van der Waals surface area contributed by atoms with E-state index in [0.29, 0.717) is 29.9 Å². The fraction of sp³-hybridized carbons (Fsp3) is 0.400. The molecule has 3 rings (SSSR count). The van der Waals surface area contributed by atoms with Crippen LogP contribution in [0.2, 0.25) is 0 Å². The zero-order chi connectivity index (χ0) is 17.0. The van der Waals surface area contributed by atoms with Gasteiger partial charge in [-0.2, -0.15) is 5.26 Å². The molecule has 7 nitrogen and oxygen atoms in total. The van der Waals surface area contributed by atoms with Crippen LogP contribution in [0.5, 0.6) is 5.88 Å². The lowest BCUT2D eigenvalue weighted by Gasteiger charge is -2.28. The van der Waals surface area contributed by atoms with Crippen LogP contribution in [0.4, 0.5) is 0 Å². The van der Waals surface area contributed by atoms with Crippen molar-refractivity contribution in [3.8, 4) is 11.9 Å². The molecule has 1 aliphatic rings. The van der Waals surface area contributed by atoms with E-state index in [0.717, 1.165) is 0 Å². The third kappa shape index (κ3) is 3.90. The van der Waals surface area contributed by atoms with Crippen molar-refractivity contribution < 1.29 is 13.2 Å². The quantitative estimate of drug-likeness (QED) is 0.871. The van der Waals surface area contributed by atoms with E-state index in [4.69, 9.17) is 10.00 Å². The molecule has 0 saturated heterocycles. The molecule has 2 heterocycles. The van der Waals surface area contributed by atoms with E-state index in [-0.39, 0.29) is 23.7 Å². The third-order valence-corrected chi connectivity index (χ3v) is 6.72. The van der Waals surface area contributed by atoms with Gasteiger partial charge in [0.2, 0.25) is 15.7 Å². The minimum atomic E-state index is -3.44. The van der Waals surface area contributed by atoms with Crippen LogP contribution in [0.1, 0.15) is 31.4 Å². The number of nitrogens with one attached hydrogen (secondary N) is 1. The standard InChI is InChI=1S/C15H16N4O3S2/c16-10-13-15(18-8-7-17-13)22-12-5-3-11(4-6-12)19-24(20,21)14-2-1-9-23-14/h1-2,7-9,11-12,19H,3-6H2. The zero-order valence-electron chi connectivity index (χ0n) is 12.8. The summed E-state index contributed by atoms with van der Waals surface area (Å²) >= 11 is 1.20. The summed E-state index contributed by atoms with van der Waals surface area (Å²) in [6.07, 6.45) is 5.59. The van der Waals surface area contributed by atoms with Gasteiger partial charge in [-0.25, -0.2) is 23.1 Å². The summed E-state index contributed by atoms with van der Waals surface area (Å²) in [6.45, 7) is 0. The van der Waals surface area contributed by atoms with E-state index in [2.05, 4.69) is 14.7 Å². The average Bonchev–Trinajstić information content (AvgIpc) is 3.12. The number of ether oxygens (including phenoxy) is 1. The van der Waals surface area contributed by atoms with Crippen molar-refractivity contribution in [3.63, 3.8) is 0 Å². The van der Waals surface area contributed by atoms with Crippen LogP contribution in [0, 0.1) is 11.3 Å². The molecule has 24 heavy (non-hydrogen) atoms. The Morgan fingerprint density at radius 1 is 1.25 bits per heavy atom. The molecular weight excluding hydrogens is 348 g/mol. The number of nitriles is 1. The van der Waals surface area contributed by atoms with Gasteiger partial charge >= 0.3 is 0 Å². The van der Waals surface area contributed by atoms with Crippen molar-refractivity contribution in [3.05, 3.63) is 35.6 Å². The monoisotopic (exact) mass is 364 g/mol. The van der Waals surface area contributed by atoms with Gasteiger partial charge in [0.1, 0.15) is 16.4 Å². The topological polar surface area (TPSA) is 105 Å². The van der Waals surface area contributed by atoms with Crippen LogP contribution in [0.25, 0.3) is 0 Å². The van der Waals surface area contributed by atoms with Crippen molar-refractivity contribution in [2.24, 2.45) is 0 Å². The van der Waals surface area contributed by atoms with Gasteiger partial charge in [0.15, 0.2) is 0 Å². The number of aromatic nitrogens is 2. The maximum absolute atomic E-state index is 12.2. The second-order valence-corrected chi connectivity index (χ2v) is 8.36. The first-order chi connectivity index (χ1) is 11.6. The molecule has 0 spiro atoms. The van der Waals surface area contributed by atoms with Gasteiger partial charge in [-0.15, -0.1) is 11.3 Å². The van der Waals surface area contributed by atoms with E-state index in [1.165, 1.54) is 23.7 Å². The molecule has 1 fully saturated rings. The second kappa shape index (κ2) is 7.25. The highest BCUT2D eigenvalue weighted by atomic mass is 32.2. The van der Waals surface area contributed by atoms with E-state index < -0.39 is 10.0 Å². The highest BCUT2D eigenvalue weighted by molar-refractivity contribution is 7.91. The van der Waals surface area contributed by atoms with Crippen LogP contribution in [-0.2, 0) is 10.0 Å². The van der Waals surface area contributed by atoms with Gasteiger partial charge in [-0.05, 0) is 37.1 Å². The number of hydrogen-bond acceptors (Lipinski definition) is 7. The number of nitrogens with zero attached hydrogens (tertiary/aromatic N) is 3. The van der Waals surface area contributed by atoms with Crippen LogP contribution in [-0.4, -0.2) is 30.5 Å². The maximum Gasteiger partial charge on any atom is 0.251 e. The van der Waals surface area contributed by atoms with Crippen molar-refractivity contribution in [1.82, 2.24) is 14.7 Å². The molecular formula is C15H16N4O3S2. The first kappa shape index (κ1) is 16.8. The summed E-state index contributed by atoms with van der Waals surface area (Å²) in [6, 6.07) is 5.17. The van der Waals surface area contributed by atoms with Crippen molar-refractivity contribution in [1.29, 1.82) is 5.26 Å². The van der Waals surface area contributed by atoms with Crippen LogP contribution in [0.15, 0.2) is 34.1 Å². The summed E-state index contributed by atoms with van der Waals surface area (Å²) in [4.78, 5) is 7.95. The largest absolute Gasteiger partial charge is 0.472 e. The van der Waals surface area contributed by atoms with E-state index in [1.54, 1.807) is 17.5 Å². The van der Waals surface area contributed by atoms with Crippen molar-refractivity contribution in [2.45, 2.75) is 42.0 Å². The number of rotatable bonds is 5. The Labute approximate surface area is 144 Å². The van der Waals surface area contributed by atoms with Crippen molar-refractivity contribution >= 4 is 21.4 Å². The van der Waals surface area contributed by atoms with E-state index >= 15 is 0 Å². The number of sulfonamides is 1. The molecule has 9 heteroatoms. The number of hydrogen-bond donors (Lipinski definition) is 1. The normalized spacial score (nSPS) is 21.1. The van der Waals surface area contributed by atoms with Crippen LogP contribution in [0.3, 0.4) is 0 Å². The molecule has 0 atom stereocenters. The van der Waals surface area contributed by atoms with Gasteiger partial charge in [0, 0.05) is 18.4 Å². The zero-order valence-corrected chi connectivity index (χ0v) is 14.4. The lowest BCUT2D eigenvalue weighted by atomic mass is 9.94. The predicted molar refractivity (Wildman–Crippen MR) is 88.1 cm³/mol. The van der Waals surface area contributed by atoms with Gasteiger partial charge in [-0.3, -0.25) is 0 Å². The van der Waals surface area contributed by atoms with E-state index in [9.17, 15) is 8.42 Å². The second-order valence-electron chi connectivity index (χ2n) is 5.47. The van der Waals surface area contributed by atoms with Gasteiger partial charge in [-0.1, -0.05) is 6.07 Å². The summed E-state index contributed by atoms with van der Waals surface area (Å²) < 4.78 is 33.3. The van der Waals surface area contributed by atoms with Crippen LogP contribution >= 0.6 is 11.3 Å². The molecule has 1 aliphatic carbocycles. The minimum Gasteiger partial charge on any atom is -0.472 e. The molecule has 2 aromatic heterocycles. The lowest BCUT2D eigenvalue weighted by Crippen LogP contribution is -2.39. The van der Waals surface area contributed by atoms with Crippen LogP contribution < -0.4 is 9.46 Å². The summed E-state index contributed by atoms with van der Waals surface area (Å²) in [5.74, 6) is 0.239. The molecule has 1 N–H and O–H groups in total. The SMILES string of the molecule is N#Cc1nccnc1OC1CCC(NS(=O)(=O)c2cccs2)CC1. The molecule has 0 aliphatic heterocycles. The average molecular weight is 364 g/mol. The Kier molecular flexibility index (Phi) is 5.08.